The summed E-state index contributed by atoms with van der Waals surface area (Å²) in [6, 6.07) is 0. The van der Waals surface area contributed by atoms with E-state index in [-0.39, 0.29) is 45.9 Å². The van der Waals surface area contributed by atoms with Crippen LogP contribution in [0.15, 0.2) is 0 Å². The predicted octanol–water partition coefficient (Wildman–Crippen LogP) is 6.65. The molecule has 0 saturated heterocycles. The molecule has 51 heavy (non-hydrogen) atoms. The SMILES string of the molecule is CC(=O)CCC(=O)C(C)C.CC(C)C(=O)C(C)(C)N(C)C.CC(C)C(=O)CN(C)C.CC(C)CC(C)(C)N(C)C.CC(C)S(=O)(=O)CCN(C)C. The van der Waals surface area contributed by atoms with E-state index in [1.54, 1.807) is 13.8 Å². The van der Waals surface area contributed by atoms with Gasteiger partial charge < -0.3 is 19.5 Å². The van der Waals surface area contributed by atoms with Crippen molar-refractivity contribution in [2.75, 3.05) is 75.2 Å². The van der Waals surface area contributed by atoms with E-state index in [0.29, 0.717) is 43.0 Å². The first kappa shape index (κ1) is 58.8. The Morgan fingerprint density at radius 2 is 1.00 bits per heavy atom. The van der Waals surface area contributed by atoms with Gasteiger partial charge >= 0.3 is 0 Å². The van der Waals surface area contributed by atoms with Crippen LogP contribution in [0.4, 0.5) is 0 Å². The molecule has 0 radical (unpaired) electrons. The van der Waals surface area contributed by atoms with E-state index in [4.69, 9.17) is 0 Å². The molecule has 0 aliphatic carbocycles. The number of nitrogens with zero attached hydrogens (tertiary/aromatic N) is 4. The van der Waals surface area contributed by atoms with Crippen LogP contribution in [0.5, 0.6) is 0 Å². The molecule has 0 aliphatic rings. The number of ketones is 4. The lowest BCUT2D eigenvalue weighted by molar-refractivity contribution is -0.131. The Balaban J connectivity index is -0.000000173. The molecule has 0 bridgehead atoms. The number of hydrogen-bond donors (Lipinski definition) is 0. The fourth-order valence-electron chi connectivity index (χ4n) is 3.74. The highest BCUT2D eigenvalue weighted by Gasteiger charge is 2.31. The number of carbonyl (C=O) groups excluding carboxylic acids is 4. The summed E-state index contributed by atoms with van der Waals surface area (Å²) in [5, 5.41) is -0.248. The molecule has 0 saturated carbocycles. The number of rotatable bonds is 17. The van der Waals surface area contributed by atoms with Crippen molar-refractivity contribution in [2.45, 2.75) is 139 Å². The van der Waals surface area contributed by atoms with Crippen LogP contribution in [-0.4, -0.2) is 143 Å². The van der Waals surface area contributed by atoms with E-state index >= 15 is 0 Å². The van der Waals surface area contributed by atoms with Gasteiger partial charge in [0.1, 0.15) is 17.3 Å². The number of likely N-dealkylation sites (N-methyl/N-ethyl adjacent to an activating group) is 2. The summed E-state index contributed by atoms with van der Waals surface area (Å²) in [4.78, 5) is 51.8. The van der Waals surface area contributed by atoms with Crippen LogP contribution in [0, 0.1) is 23.7 Å². The summed E-state index contributed by atoms with van der Waals surface area (Å²) in [6.45, 7) is 30.5. The lowest BCUT2D eigenvalue weighted by atomic mass is 9.90. The van der Waals surface area contributed by atoms with Gasteiger partial charge in [-0.3, -0.25) is 19.3 Å². The van der Waals surface area contributed by atoms with Crippen LogP contribution < -0.4 is 0 Å². The molecule has 0 amide bonds. The number of sulfone groups is 1. The molecule has 0 aromatic rings. The second-order valence-electron chi connectivity index (χ2n) is 17.2. The Hall–Kier alpha value is -1.53. The van der Waals surface area contributed by atoms with Gasteiger partial charge in [0.05, 0.1) is 23.1 Å². The van der Waals surface area contributed by atoms with Crippen molar-refractivity contribution in [3.05, 3.63) is 0 Å². The molecule has 0 aliphatic heterocycles. The van der Waals surface area contributed by atoms with Crippen LogP contribution in [0.2, 0.25) is 0 Å². The third-order valence-corrected chi connectivity index (χ3v) is 10.6. The Labute approximate surface area is 317 Å². The largest absolute Gasteiger partial charge is 0.308 e. The zero-order valence-corrected chi connectivity index (χ0v) is 38.6. The van der Waals surface area contributed by atoms with Crippen molar-refractivity contribution >= 4 is 33.0 Å². The van der Waals surface area contributed by atoms with Crippen molar-refractivity contribution in [2.24, 2.45) is 23.7 Å². The summed E-state index contributed by atoms with van der Waals surface area (Å²) in [5.41, 5.74) is 0.0301. The molecule has 0 rings (SSSR count). The van der Waals surface area contributed by atoms with E-state index in [2.05, 4.69) is 46.7 Å². The van der Waals surface area contributed by atoms with Gasteiger partial charge in [0.25, 0.3) is 0 Å². The van der Waals surface area contributed by atoms with Crippen molar-refractivity contribution < 1.29 is 27.6 Å². The maximum Gasteiger partial charge on any atom is 0.155 e. The van der Waals surface area contributed by atoms with Crippen LogP contribution in [0.25, 0.3) is 0 Å². The molecule has 0 heterocycles. The Kier molecular flexibility index (Phi) is 33.3. The molecule has 0 aromatic heterocycles. The molecule has 10 nitrogen and oxygen atoms in total. The predicted molar refractivity (Wildman–Crippen MR) is 220 cm³/mol. The molecule has 0 N–H and O–H groups in total. The summed E-state index contributed by atoms with van der Waals surface area (Å²) in [7, 11) is 12.9. The fraction of sp³-hybridized carbons (Fsp3) is 0.900. The first-order valence-electron chi connectivity index (χ1n) is 18.5. The van der Waals surface area contributed by atoms with Gasteiger partial charge in [-0.15, -0.1) is 0 Å². The number of hydrogen-bond acceptors (Lipinski definition) is 10. The van der Waals surface area contributed by atoms with Gasteiger partial charge in [0, 0.05) is 42.7 Å². The monoisotopic (exact) mass is 751 g/mol. The number of Topliss-reactive ketones (excluding diaryl/α,β-unsaturated/α-hetero) is 4. The summed E-state index contributed by atoms with van der Waals surface area (Å²) in [6.07, 6.45) is 2.07. The van der Waals surface area contributed by atoms with E-state index in [0.717, 1.165) is 5.92 Å². The van der Waals surface area contributed by atoms with Crippen LogP contribution in [0.3, 0.4) is 0 Å². The van der Waals surface area contributed by atoms with Crippen molar-refractivity contribution in [1.82, 2.24) is 19.6 Å². The molecule has 0 atom stereocenters. The Bertz CT molecular complexity index is 1060. The lowest BCUT2D eigenvalue weighted by Gasteiger charge is -2.34. The maximum absolute atomic E-state index is 11.6. The van der Waals surface area contributed by atoms with Crippen molar-refractivity contribution in [3.63, 3.8) is 0 Å². The summed E-state index contributed by atoms with van der Waals surface area (Å²) < 4.78 is 22.4. The third-order valence-electron chi connectivity index (χ3n) is 8.39. The Morgan fingerprint density at radius 1 is 0.588 bits per heavy atom. The van der Waals surface area contributed by atoms with E-state index in [1.807, 2.05) is 112 Å². The molecular weight excluding hydrogens is 665 g/mol. The van der Waals surface area contributed by atoms with Crippen LogP contribution >= 0.6 is 0 Å². The quantitative estimate of drug-likeness (QED) is 0.160. The van der Waals surface area contributed by atoms with E-state index < -0.39 is 9.84 Å². The van der Waals surface area contributed by atoms with Crippen molar-refractivity contribution in [1.29, 1.82) is 0 Å². The normalized spacial score (nSPS) is 12.0. The first-order chi connectivity index (χ1) is 22.6. The zero-order chi connectivity index (χ0) is 42.2. The van der Waals surface area contributed by atoms with Gasteiger partial charge in [-0.1, -0.05) is 55.4 Å². The first-order valence-corrected chi connectivity index (χ1v) is 20.3. The molecule has 0 spiro atoms. The van der Waals surface area contributed by atoms with Crippen LogP contribution in [-0.2, 0) is 29.0 Å². The van der Waals surface area contributed by atoms with Crippen LogP contribution in [0.1, 0.15) is 123 Å². The minimum atomic E-state index is -2.83. The highest BCUT2D eigenvalue weighted by atomic mass is 32.2. The molecule has 0 unspecified atom stereocenters. The number of carbonyl (C=O) groups is 4. The third kappa shape index (κ3) is 35.3. The second kappa shape index (κ2) is 28.9. The van der Waals surface area contributed by atoms with Gasteiger partial charge in [-0.25, -0.2) is 8.42 Å². The van der Waals surface area contributed by atoms with Gasteiger partial charge in [0.2, 0.25) is 0 Å². The van der Waals surface area contributed by atoms with Crippen molar-refractivity contribution in [3.8, 4) is 0 Å². The average molecular weight is 751 g/mol. The zero-order valence-electron chi connectivity index (χ0n) is 37.8. The maximum atomic E-state index is 11.6. The van der Waals surface area contributed by atoms with Gasteiger partial charge in [-0.2, -0.15) is 0 Å². The van der Waals surface area contributed by atoms with Gasteiger partial charge in [0.15, 0.2) is 15.6 Å². The summed E-state index contributed by atoms with van der Waals surface area (Å²) in [5.74, 6) is 2.28. The fourth-order valence-corrected chi connectivity index (χ4v) is 4.83. The van der Waals surface area contributed by atoms with Gasteiger partial charge in [-0.05, 0) is 117 Å². The highest BCUT2D eigenvalue weighted by molar-refractivity contribution is 7.92. The lowest BCUT2D eigenvalue weighted by Crippen LogP contribution is -2.47. The average Bonchev–Trinajstić information content (AvgIpc) is 2.94. The molecule has 0 fully saturated rings. The minimum absolute atomic E-state index is 0.0688. The molecule has 0 aromatic carbocycles. The van der Waals surface area contributed by atoms with E-state index in [1.165, 1.54) is 13.3 Å². The summed E-state index contributed by atoms with van der Waals surface area (Å²) >= 11 is 0. The molecule has 11 heteroatoms. The standard InChI is InChI=1S/C9H19NO.C9H21N.C8H14O2.C7H17NO2S.C7H15NO/c1-7(2)8(11)9(3,4)10(5)6;1-8(2)7-9(3,4)10(5)6;1-6(2)8(10)5-4-7(3)9;1-7(2)11(9,10)6-5-8(3)4;1-6(2)7(9)5-8(3)4/h7H,1-6H3;8H,7H2,1-6H3;6H,4-5H2,1-3H3;7H,5-6H2,1-4H3;6H,5H2,1-4H3. The highest BCUT2D eigenvalue weighted by Crippen LogP contribution is 2.20. The molecular formula is C40H86N4O6S. The Morgan fingerprint density at radius 3 is 1.18 bits per heavy atom. The minimum Gasteiger partial charge on any atom is -0.308 e. The second-order valence-corrected chi connectivity index (χ2v) is 19.9. The van der Waals surface area contributed by atoms with E-state index in [9.17, 15) is 27.6 Å². The topological polar surface area (TPSA) is 115 Å². The smallest absolute Gasteiger partial charge is 0.155 e. The molecule has 308 valence electrons.